The third kappa shape index (κ3) is 2.20. The summed E-state index contributed by atoms with van der Waals surface area (Å²) in [4.78, 5) is 3.69. The fourth-order valence-corrected chi connectivity index (χ4v) is 4.29. The predicted molar refractivity (Wildman–Crippen MR) is 88.6 cm³/mol. The summed E-state index contributed by atoms with van der Waals surface area (Å²) < 4.78 is 0. The quantitative estimate of drug-likeness (QED) is 0.834. The zero-order valence-electron chi connectivity index (χ0n) is 13.0. The van der Waals surface area contributed by atoms with Crippen molar-refractivity contribution in [1.29, 1.82) is 0 Å². The number of aryl methyl sites for hydroxylation is 1. The van der Waals surface area contributed by atoms with Gasteiger partial charge in [0.25, 0.3) is 0 Å². The number of hydrogen-bond acceptors (Lipinski definition) is 1. The first-order chi connectivity index (χ1) is 10.3. The third-order valence-corrected chi connectivity index (χ3v) is 6.00. The van der Waals surface area contributed by atoms with Gasteiger partial charge in [-0.15, -0.1) is 0 Å². The molecule has 1 saturated carbocycles. The summed E-state index contributed by atoms with van der Waals surface area (Å²) in [6.45, 7) is 3.55. The Kier molecular flexibility index (Phi) is 3.30. The van der Waals surface area contributed by atoms with E-state index in [1.807, 2.05) is 0 Å². The molecule has 2 aliphatic carbocycles. The van der Waals surface area contributed by atoms with E-state index in [4.69, 9.17) is 0 Å². The van der Waals surface area contributed by atoms with Gasteiger partial charge in [-0.25, -0.2) is 0 Å². The first-order valence-electron chi connectivity index (χ1n) is 8.64. The number of nitrogens with one attached hydrogen (secondary N) is 2. The Bertz CT molecular complexity index is 631. The summed E-state index contributed by atoms with van der Waals surface area (Å²) in [6, 6.07) is 9.31. The minimum atomic E-state index is 0.533. The van der Waals surface area contributed by atoms with Gasteiger partial charge in [-0.2, -0.15) is 0 Å². The molecule has 1 fully saturated rings. The number of para-hydroxylation sites is 1. The second-order valence-electron chi connectivity index (χ2n) is 7.10. The summed E-state index contributed by atoms with van der Waals surface area (Å²) >= 11 is 0. The maximum atomic E-state index is 3.90. The van der Waals surface area contributed by atoms with Crippen molar-refractivity contribution >= 4 is 10.9 Å². The number of hydrogen-bond donors (Lipinski definition) is 2. The number of aromatic amines is 1. The SMILES string of the molecule is CCC1(CNC2CCCc3c2[nH]c2ccccc32)CCC1. The Hall–Kier alpha value is -1.28. The zero-order chi connectivity index (χ0) is 14.3. The number of fused-ring (bicyclic) bond motifs is 3. The Morgan fingerprint density at radius 1 is 1.24 bits per heavy atom. The van der Waals surface area contributed by atoms with Crippen LogP contribution in [0.3, 0.4) is 0 Å². The molecule has 4 rings (SSSR count). The molecule has 0 spiro atoms. The van der Waals surface area contributed by atoms with E-state index in [1.165, 1.54) is 68.1 Å². The fourth-order valence-electron chi connectivity index (χ4n) is 4.29. The van der Waals surface area contributed by atoms with Crippen LogP contribution in [0, 0.1) is 5.41 Å². The smallest absolute Gasteiger partial charge is 0.0476 e. The second-order valence-corrected chi connectivity index (χ2v) is 7.10. The molecule has 0 radical (unpaired) electrons. The molecule has 1 atom stereocenters. The fraction of sp³-hybridized carbons (Fsp3) is 0.579. The van der Waals surface area contributed by atoms with E-state index in [0.29, 0.717) is 11.5 Å². The highest BCUT2D eigenvalue weighted by Gasteiger charge is 2.36. The van der Waals surface area contributed by atoms with Gasteiger partial charge in [0.05, 0.1) is 0 Å². The Morgan fingerprint density at radius 2 is 2.10 bits per heavy atom. The maximum absolute atomic E-state index is 3.90. The highest BCUT2D eigenvalue weighted by atomic mass is 15.0. The molecule has 0 aliphatic heterocycles. The molecule has 112 valence electrons. The monoisotopic (exact) mass is 282 g/mol. The molecule has 21 heavy (non-hydrogen) atoms. The number of rotatable bonds is 4. The van der Waals surface area contributed by atoms with Crippen molar-refractivity contribution in [2.24, 2.45) is 5.41 Å². The van der Waals surface area contributed by atoms with Gasteiger partial charge in [0.15, 0.2) is 0 Å². The van der Waals surface area contributed by atoms with Crippen LogP contribution in [0.5, 0.6) is 0 Å². The van der Waals surface area contributed by atoms with Crippen molar-refractivity contribution < 1.29 is 0 Å². The van der Waals surface area contributed by atoms with E-state index in [1.54, 1.807) is 5.56 Å². The van der Waals surface area contributed by atoms with Crippen molar-refractivity contribution in [2.75, 3.05) is 6.54 Å². The lowest BCUT2D eigenvalue weighted by molar-refractivity contribution is 0.117. The van der Waals surface area contributed by atoms with Crippen molar-refractivity contribution in [3.05, 3.63) is 35.5 Å². The molecule has 0 saturated heterocycles. The van der Waals surface area contributed by atoms with E-state index >= 15 is 0 Å². The third-order valence-electron chi connectivity index (χ3n) is 6.00. The minimum Gasteiger partial charge on any atom is -0.357 e. The molecular formula is C19H26N2. The Labute approximate surface area is 127 Å². The lowest BCUT2D eigenvalue weighted by atomic mass is 9.67. The van der Waals surface area contributed by atoms with Gasteiger partial charge in [0.1, 0.15) is 0 Å². The molecule has 0 amide bonds. The number of benzene rings is 1. The summed E-state index contributed by atoms with van der Waals surface area (Å²) in [5.74, 6) is 0. The molecule has 1 aromatic heterocycles. The maximum Gasteiger partial charge on any atom is 0.0476 e. The standard InChI is InChI=1S/C19H26N2/c1-2-19(11-6-12-19)13-20-17-10-5-8-15-14-7-3-4-9-16(14)21-18(15)17/h3-4,7,9,17,20-21H,2,5-6,8,10-13H2,1H3. The molecule has 1 unspecified atom stereocenters. The molecule has 2 aromatic rings. The number of H-pyrrole nitrogens is 1. The van der Waals surface area contributed by atoms with Crippen molar-refractivity contribution in [1.82, 2.24) is 10.3 Å². The van der Waals surface area contributed by atoms with Crippen LogP contribution in [0.15, 0.2) is 24.3 Å². The van der Waals surface area contributed by atoms with Crippen LogP contribution in [0.25, 0.3) is 10.9 Å². The average Bonchev–Trinajstić information content (AvgIpc) is 2.86. The van der Waals surface area contributed by atoms with Gasteiger partial charge in [0.2, 0.25) is 0 Å². The van der Waals surface area contributed by atoms with Crippen LogP contribution in [0.2, 0.25) is 0 Å². The lowest BCUT2D eigenvalue weighted by Gasteiger charge is -2.42. The molecule has 2 N–H and O–H groups in total. The zero-order valence-corrected chi connectivity index (χ0v) is 13.0. The van der Waals surface area contributed by atoms with Crippen LogP contribution in [-0.4, -0.2) is 11.5 Å². The molecule has 0 bridgehead atoms. The largest absolute Gasteiger partial charge is 0.357 e. The molecule has 2 aliphatic rings. The van der Waals surface area contributed by atoms with Gasteiger partial charge in [0, 0.05) is 29.2 Å². The predicted octanol–water partition coefficient (Wildman–Crippen LogP) is 4.72. The molecule has 1 aromatic carbocycles. The van der Waals surface area contributed by atoms with Crippen LogP contribution in [-0.2, 0) is 6.42 Å². The van der Waals surface area contributed by atoms with Crippen molar-refractivity contribution in [3.8, 4) is 0 Å². The van der Waals surface area contributed by atoms with Gasteiger partial charge >= 0.3 is 0 Å². The van der Waals surface area contributed by atoms with Gasteiger partial charge in [-0.05, 0) is 55.6 Å². The number of aromatic nitrogens is 1. The molecule has 1 heterocycles. The van der Waals surface area contributed by atoms with Gasteiger partial charge < -0.3 is 10.3 Å². The van der Waals surface area contributed by atoms with E-state index in [2.05, 4.69) is 41.5 Å². The summed E-state index contributed by atoms with van der Waals surface area (Å²) in [5, 5.41) is 5.34. The highest BCUT2D eigenvalue weighted by molar-refractivity contribution is 5.85. The highest BCUT2D eigenvalue weighted by Crippen LogP contribution is 2.44. The molecular weight excluding hydrogens is 256 g/mol. The lowest BCUT2D eigenvalue weighted by Crippen LogP contribution is -2.41. The Balaban J connectivity index is 1.58. The topological polar surface area (TPSA) is 27.8 Å². The summed E-state index contributed by atoms with van der Waals surface area (Å²) in [5.41, 5.74) is 4.94. The van der Waals surface area contributed by atoms with Crippen LogP contribution in [0.1, 0.15) is 62.7 Å². The van der Waals surface area contributed by atoms with Crippen LogP contribution in [0.4, 0.5) is 0 Å². The summed E-state index contributed by atoms with van der Waals surface area (Å²) in [7, 11) is 0. The van der Waals surface area contributed by atoms with Crippen LogP contribution >= 0.6 is 0 Å². The first-order valence-corrected chi connectivity index (χ1v) is 8.64. The normalized spacial score (nSPS) is 23.8. The first kappa shape index (κ1) is 13.4. The molecule has 2 heteroatoms. The average molecular weight is 282 g/mol. The van der Waals surface area contributed by atoms with Crippen LogP contribution < -0.4 is 5.32 Å². The van der Waals surface area contributed by atoms with E-state index in [0.717, 1.165) is 0 Å². The Morgan fingerprint density at radius 3 is 2.86 bits per heavy atom. The van der Waals surface area contributed by atoms with Gasteiger partial charge in [-0.3, -0.25) is 0 Å². The van der Waals surface area contributed by atoms with Crippen molar-refractivity contribution in [2.45, 2.75) is 57.9 Å². The van der Waals surface area contributed by atoms with Gasteiger partial charge in [-0.1, -0.05) is 31.5 Å². The van der Waals surface area contributed by atoms with E-state index in [-0.39, 0.29) is 0 Å². The van der Waals surface area contributed by atoms with E-state index in [9.17, 15) is 0 Å². The van der Waals surface area contributed by atoms with Crippen molar-refractivity contribution in [3.63, 3.8) is 0 Å². The second kappa shape index (κ2) is 5.17. The molecule has 2 nitrogen and oxygen atoms in total. The summed E-state index contributed by atoms with van der Waals surface area (Å²) in [6.07, 6.45) is 9.41. The minimum absolute atomic E-state index is 0.533. The van der Waals surface area contributed by atoms with E-state index < -0.39 is 0 Å².